The lowest BCUT2D eigenvalue weighted by molar-refractivity contribution is 0.112. The van der Waals surface area contributed by atoms with Crippen molar-refractivity contribution in [3.05, 3.63) is 72.1 Å². The second-order valence-electron chi connectivity index (χ2n) is 4.94. The fourth-order valence-electron chi connectivity index (χ4n) is 2.30. The quantitative estimate of drug-likeness (QED) is 0.708. The first-order valence-electron chi connectivity index (χ1n) is 7.16. The zero-order valence-electron chi connectivity index (χ0n) is 12.3. The molecule has 0 aliphatic rings. The van der Waals surface area contributed by atoms with Crippen LogP contribution in [0.1, 0.15) is 15.9 Å². The number of nitrogens with zero attached hydrogens (tertiary/aromatic N) is 2. The van der Waals surface area contributed by atoms with Crippen molar-refractivity contribution in [3.63, 3.8) is 0 Å². The van der Waals surface area contributed by atoms with Crippen LogP contribution in [0.15, 0.2) is 60.9 Å². The number of benzene rings is 1. The molecule has 0 saturated heterocycles. The fourth-order valence-corrected chi connectivity index (χ4v) is 2.30. The Balaban J connectivity index is 1.86. The van der Waals surface area contributed by atoms with E-state index in [9.17, 15) is 9.90 Å². The Kier molecular flexibility index (Phi) is 4.29. The number of hydrogen-bond acceptors (Lipinski definition) is 5. The van der Waals surface area contributed by atoms with Crippen LogP contribution in [-0.4, -0.2) is 21.4 Å². The summed E-state index contributed by atoms with van der Waals surface area (Å²) in [7, 11) is 0. The molecule has 5 nitrogen and oxygen atoms in total. The van der Waals surface area contributed by atoms with E-state index in [0.717, 1.165) is 11.3 Å². The van der Waals surface area contributed by atoms with E-state index in [1.165, 1.54) is 0 Å². The number of carbonyl (C=O) groups excluding carboxylic acids is 1. The van der Waals surface area contributed by atoms with E-state index in [1.54, 1.807) is 30.6 Å². The van der Waals surface area contributed by atoms with Crippen molar-refractivity contribution in [3.8, 4) is 17.0 Å². The monoisotopic (exact) mass is 305 g/mol. The van der Waals surface area contributed by atoms with Crippen LogP contribution in [0.2, 0.25) is 0 Å². The van der Waals surface area contributed by atoms with E-state index in [2.05, 4.69) is 15.3 Å². The number of aldehydes is 1. The molecule has 3 aromatic rings. The minimum atomic E-state index is -0.00897. The summed E-state index contributed by atoms with van der Waals surface area (Å²) in [6, 6.07) is 14.5. The highest BCUT2D eigenvalue weighted by Crippen LogP contribution is 2.26. The molecule has 0 amide bonds. The van der Waals surface area contributed by atoms with E-state index >= 15 is 0 Å². The number of rotatable bonds is 5. The number of aromatic nitrogens is 2. The summed E-state index contributed by atoms with van der Waals surface area (Å²) in [5.74, 6) is 0.660. The molecule has 0 unspecified atom stereocenters. The topological polar surface area (TPSA) is 75.1 Å². The zero-order valence-corrected chi connectivity index (χ0v) is 12.3. The molecule has 0 aliphatic carbocycles. The van der Waals surface area contributed by atoms with Crippen LogP contribution in [0, 0.1) is 0 Å². The number of pyridine rings is 2. The molecule has 114 valence electrons. The number of anilines is 1. The Bertz CT molecular complexity index is 820. The van der Waals surface area contributed by atoms with Crippen LogP contribution in [-0.2, 0) is 6.54 Å². The van der Waals surface area contributed by atoms with Gasteiger partial charge in [-0.1, -0.05) is 18.2 Å². The molecule has 0 fully saturated rings. The molecule has 23 heavy (non-hydrogen) atoms. The van der Waals surface area contributed by atoms with Gasteiger partial charge in [0.15, 0.2) is 6.29 Å². The third kappa shape index (κ3) is 3.18. The van der Waals surface area contributed by atoms with Crippen molar-refractivity contribution in [2.75, 3.05) is 5.32 Å². The maximum absolute atomic E-state index is 10.9. The van der Waals surface area contributed by atoms with E-state index in [4.69, 9.17) is 0 Å². The lowest BCUT2D eigenvalue weighted by Gasteiger charge is -2.12. The third-order valence-corrected chi connectivity index (χ3v) is 3.47. The molecule has 0 radical (unpaired) electrons. The van der Waals surface area contributed by atoms with Gasteiger partial charge in [0.2, 0.25) is 0 Å². The molecule has 2 aromatic heterocycles. The summed E-state index contributed by atoms with van der Waals surface area (Å²) in [4.78, 5) is 19.6. The zero-order chi connectivity index (χ0) is 16.1. The minimum absolute atomic E-state index is 0.00897. The molecule has 1 aromatic carbocycles. The van der Waals surface area contributed by atoms with Gasteiger partial charge in [0.05, 0.1) is 11.3 Å². The molecule has 0 saturated carbocycles. The van der Waals surface area contributed by atoms with Crippen molar-refractivity contribution in [2.45, 2.75) is 6.54 Å². The second kappa shape index (κ2) is 6.70. The average Bonchev–Trinajstić information content (AvgIpc) is 2.62. The highest BCUT2D eigenvalue weighted by Gasteiger charge is 2.09. The van der Waals surface area contributed by atoms with Gasteiger partial charge in [-0.3, -0.25) is 9.78 Å². The van der Waals surface area contributed by atoms with Gasteiger partial charge >= 0.3 is 0 Å². The number of carbonyl (C=O) groups is 1. The van der Waals surface area contributed by atoms with Crippen molar-refractivity contribution in [1.29, 1.82) is 0 Å². The molecule has 0 spiro atoms. The summed E-state index contributed by atoms with van der Waals surface area (Å²) in [5.41, 5.74) is 2.59. The van der Waals surface area contributed by atoms with Crippen LogP contribution in [0.25, 0.3) is 11.3 Å². The second-order valence-corrected chi connectivity index (χ2v) is 4.94. The molecule has 0 bridgehead atoms. The molecular formula is C18H15N3O2. The lowest BCUT2D eigenvalue weighted by Crippen LogP contribution is -2.04. The lowest BCUT2D eigenvalue weighted by atomic mass is 10.1. The van der Waals surface area contributed by atoms with Crippen LogP contribution in [0.5, 0.6) is 5.75 Å². The van der Waals surface area contributed by atoms with Gasteiger partial charge in [-0.25, -0.2) is 4.98 Å². The van der Waals surface area contributed by atoms with E-state index < -0.39 is 0 Å². The predicted molar refractivity (Wildman–Crippen MR) is 88.3 cm³/mol. The van der Waals surface area contributed by atoms with E-state index in [1.807, 2.05) is 30.3 Å². The van der Waals surface area contributed by atoms with E-state index in [-0.39, 0.29) is 11.3 Å². The highest BCUT2D eigenvalue weighted by atomic mass is 16.3. The summed E-state index contributed by atoms with van der Waals surface area (Å²) < 4.78 is 0. The van der Waals surface area contributed by atoms with Gasteiger partial charge < -0.3 is 10.4 Å². The van der Waals surface area contributed by atoms with Gasteiger partial charge in [0, 0.05) is 30.1 Å². The molecule has 3 rings (SSSR count). The maximum atomic E-state index is 10.9. The number of aromatic hydroxyl groups is 1. The minimum Gasteiger partial charge on any atom is -0.507 e. The Morgan fingerprint density at radius 3 is 2.65 bits per heavy atom. The predicted octanol–water partition coefficient (Wildman–Crippen LogP) is 3.27. The Morgan fingerprint density at radius 1 is 1.00 bits per heavy atom. The Labute approximate surface area is 133 Å². The SMILES string of the molecule is O=Cc1cccc(CNc2ncccc2-c2ccccn2)c1O. The van der Waals surface area contributed by atoms with Gasteiger partial charge in [-0.2, -0.15) is 0 Å². The van der Waals surface area contributed by atoms with Gasteiger partial charge in [-0.15, -0.1) is 0 Å². The van der Waals surface area contributed by atoms with Crippen LogP contribution < -0.4 is 5.32 Å². The molecule has 0 aliphatic heterocycles. The Hall–Kier alpha value is -3.21. The first-order valence-corrected chi connectivity index (χ1v) is 7.16. The number of phenols is 1. The first kappa shape index (κ1) is 14.7. The number of para-hydroxylation sites is 1. The number of hydrogen-bond donors (Lipinski definition) is 2. The number of phenolic OH excluding ortho intramolecular Hbond substituents is 1. The summed E-state index contributed by atoms with van der Waals surface area (Å²) in [6.07, 6.45) is 4.06. The first-order chi connectivity index (χ1) is 11.3. The van der Waals surface area contributed by atoms with Crippen LogP contribution in [0.4, 0.5) is 5.82 Å². The maximum Gasteiger partial charge on any atom is 0.153 e. The van der Waals surface area contributed by atoms with Crippen molar-refractivity contribution < 1.29 is 9.90 Å². The molecule has 2 heterocycles. The Morgan fingerprint density at radius 2 is 1.87 bits per heavy atom. The molecule has 0 atom stereocenters. The fraction of sp³-hybridized carbons (Fsp3) is 0.0556. The summed E-state index contributed by atoms with van der Waals surface area (Å²) in [6.45, 7) is 0.352. The normalized spacial score (nSPS) is 10.3. The van der Waals surface area contributed by atoms with Gasteiger partial charge in [0.1, 0.15) is 11.6 Å². The average molecular weight is 305 g/mol. The van der Waals surface area contributed by atoms with Gasteiger partial charge in [0.25, 0.3) is 0 Å². The largest absolute Gasteiger partial charge is 0.507 e. The van der Waals surface area contributed by atoms with Crippen molar-refractivity contribution in [2.24, 2.45) is 0 Å². The third-order valence-electron chi connectivity index (χ3n) is 3.47. The standard InChI is InChI=1S/C18H15N3O2/c22-12-14-6-3-5-13(17(14)23)11-21-18-15(7-4-10-20-18)16-8-1-2-9-19-16/h1-10,12,23H,11H2,(H,20,21). The highest BCUT2D eigenvalue weighted by molar-refractivity contribution is 5.80. The van der Waals surface area contributed by atoms with Crippen LogP contribution >= 0.6 is 0 Å². The van der Waals surface area contributed by atoms with E-state index in [0.29, 0.717) is 24.2 Å². The molecular weight excluding hydrogens is 290 g/mol. The molecule has 2 N–H and O–H groups in total. The van der Waals surface area contributed by atoms with Crippen molar-refractivity contribution >= 4 is 12.1 Å². The summed E-state index contributed by atoms with van der Waals surface area (Å²) in [5, 5.41) is 13.2. The number of nitrogens with one attached hydrogen (secondary N) is 1. The molecule has 5 heteroatoms. The summed E-state index contributed by atoms with van der Waals surface area (Å²) >= 11 is 0. The smallest absolute Gasteiger partial charge is 0.153 e. The van der Waals surface area contributed by atoms with Crippen LogP contribution in [0.3, 0.4) is 0 Å². The van der Waals surface area contributed by atoms with Gasteiger partial charge in [-0.05, 0) is 30.3 Å². The van der Waals surface area contributed by atoms with Crippen molar-refractivity contribution in [1.82, 2.24) is 9.97 Å².